The predicted octanol–water partition coefficient (Wildman–Crippen LogP) is 2.88. The first kappa shape index (κ1) is 17.9. The number of hydrogen-bond acceptors (Lipinski definition) is 4. The maximum atomic E-state index is 12.5. The van der Waals surface area contributed by atoms with Gasteiger partial charge in [-0.3, -0.25) is 9.59 Å². The van der Waals surface area contributed by atoms with Crippen molar-refractivity contribution < 1.29 is 4.79 Å². The number of nitrogens with zero attached hydrogens (tertiary/aromatic N) is 4. The van der Waals surface area contributed by atoms with E-state index in [1.165, 1.54) is 6.20 Å². The topological polar surface area (TPSA) is 92.7 Å². The van der Waals surface area contributed by atoms with Crippen LogP contribution in [0, 0.1) is 11.3 Å². The molecule has 2 aromatic heterocycles. The van der Waals surface area contributed by atoms with E-state index in [1.807, 2.05) is 13.0 Å². The van der Waals surface area contributed by atoms with Crippen molar-refractivity contribution in [2.24, 2.45) is 0 Å². The van der Waals surface area contributed by atoms with Crippen molar-refractivity contribution >= 4 is 38.6 Å². The molecule has 0 fully saturated rings. The molecule has 0 aliphatic heterocycles. The molecular formula is C18H16BrN5O2. The molecule has 1 amide bonds. The Hall–Kier alpha value is -2.92. The zero-order valence-electron chi connectivity index (χ0n) is 14.1. The van der Waals surface area contributed by atoms with E-state index in [-0.39, 0.29) is 23.4 Å². The number of aryl methyl sites for hydroxylation is 1. The molecule has 1 aromatic carbocycles. The molecule has 26 heavy (non-hydrogen) atoms. The van der Waals surface area contributed by atoms with Crippen molar-refractivity contribution in [2.75, 3.05) is 5.32 Å². The van der Waals surface area contributed by atoms with E-state index in [2.05, 4.69) is 26.3 Å². The molecule has 7 nitrogen and oxygen atoms in total. The number of nitriles is 1. The number of halogens is 1. The number of nitrogens with one attached hydrogen (secondary N) is 1. The molecule has 0 aliphatic carbocycles. The summed E-state index contributed by atoms with van der Waals surface area (Å²) < 4.78 is 4.06. The van der Waals surface area contributed by atoms with Crippen LogP contribution in [0.15, 0.2) is 45.9 Å². The number of anilines is 1. The fourth-order valence-corrected chi connectivity index (χ4v) is 3.11. The Kier molecular flexibility index (Phi) is 5.19. The number of hydrogen-bond donors (Lipinski definition) is 1. The van der Waals surface area contributed by atoms with Gasteiger partial charge in [0.05, 0.1) is 11.7 Å². The average molecular weight is 414 g/mol. The number of carbonyl (C=O) groups is 1. The predicted molar refractivity (Wildman–Crippen MR) is 102 cm³/mol. The van der Waals surface area contributed by atoms with Crippen LogP contribution in [0.5, 0.6) is 0 Å². The summed E-state index contributed by atoms with van der Waals surface area (Å²) >= 11 is 3.33. The van der Waals surface area contributed by atoms with Crippen LogP contribution >= 0.6 is 15.9 Å². The molecule has 0 unspecified atom stereocenters. The molecule has 0 saturated heterocycles. The van der Waals surface area contributed by atoms with E-state index in [1.54, 1.807) is 39.7 Å². The summed E-state index contributed by atoms with van der Waals surface area (Å²) in [5.41, 5.74) is 0.246. The van der Waals surface area contributed by atoms with Crippen LogP contribution in [-0.4, -0.2) is 20.3 Å². The SMILES string of the molecule is CCCn1nccc1NC(=O)Cn1cc(C#N)c(=O)c2cc(Br)ccc21. The van der Waals surface area contributed by atoms with Crippen molar-refractivity contribution in [3.05, 3.63) is 56.9 Å². The van der Waals surface area contributed by atoms with E-state index in [0.29, 0.717) is 23.3 Å². The van der Waals surface area contributed by atoms with E-state index < -0.39 is 0 Å². The minimum atomic E-state index is -0.346. The maximum absolute atomic E-state index is 12.5. The standard InChI is InChI=1S/C18H16BrN5O2/c1-2-7-24-16(5-6-21-24)22-17(25)11-23-10-12(9-20)18(26)14-8-13(19)3-4-15(14)23/h3-6,8,10H,2,7,11H2,1H3,(H,22,25). The van der Waals surface area contributed by atoms with Crippen LogP contribution in [0.25, 0.3) is 10.9 Å². The van der Waals surface area contributed by atoms with Gasteiger partial charge in [0.15, 0.2) is 0 Å². The van der Waals surface area contributed by atoms with E-state index in [9.17, 15) is 14.9 Å². The lowest BCUT2D eigenvalue weighted by atomic mass is 10.1. The van der Waals surface area contributed by atoms with Gasteiger partial charge in [-0.25, -0.2) is 4.68 Å². The minimum Gasteiger partial charge on any atom is -0.336 e. The van der Waals surface area contributed by atoms with Gasteiger partial charge in [0.1, 0.15) is 24.0 Å². The third-order valence-electron chi connectivity index (χ3n) is 3.90. The highest BCUT2D eigenvalue weighted by Crippen LogP contribution is 2.18. The number of amides is 1. The van der Waals surface area contributed by atoms with Gasteiger partial charge < -0.3 is 9.88 Å². The second-order valence-corrected chi connectivity index (χ2v) is 6.68. The molecule has 3 rings (SSSR count). The van der Waals surface area contributed by atoms with Crippen molar-refractivity contribution in [1.82, 2.24) is 14.3 Å². The van der Waals surface area contributed by atoms with Crippen LogP contribution in [0.1, 0.15) is 18.9 Å². The summed E-state index contributed by atoms with van der Waals surface area (Å²) in [5.74, 6) is 0.352. The molecular weight excluding hydrogens is 398 g/mol. The zero-order chi connectivity index (χ0) is 18.7. The van der Waals surface area contributed by atoms with Gasteiger partial charge in [0.2, 0.25) is 11.3 Å². The van der Waals surface area contributed by atoms with Gasteiger partial charge in [0, 0.05) is 28.7 Å². The van der Waals surface area contributed by atoms with Gasteiger partial charge in [-0.1, -0.05) is 22.9 Å². The summed E-state index contributed by atoms with van der Waals surface area (Å²) in [7, 11) is 0. The number of carbonyl (C=O) groups excluding carboxylic acids is 1. The monoisotopic (exact) mass is 413 g/mol. The minimum absolute atomic E-state index is 0.000533. The van der Waals surface area contributed by atoms with Gasteiger partial charge >= 0.3 is 0 Å². The number of aromatic nitrogens is 3. The van der Waals surface area contributed by atoms with Crippen LogP contribution in [0.4, 0.5) is 5.82 Å². The number of benzene rings is 1. The Bertz CT molecular complexity index is 1080. The zero-order valence-corrected chi connectivity index (χ0v) is 15.7. The molecule has 0 atom stereocenters. The molecule has 0 saturated carbocycles. The molecule has 0 radical (unpaired) electrons. The summed E-state index contributed by atoms with van der Waals surface area (Å²) in [4.78, 5) is 24.8. The maximum Gasteiger partial charge on any atom is 0.245 e. The summed E-state index contributed by atoms with van der Waals surface area (Å²) in [6.45, 7) is 2.71. The first-order chi connectivity index (χ1) is 12.5. The highest BCUT2D eigenvalue weighted by molar-refractivity contribution is 9.10. The fraction of sp³-hybridized carbons (Fsp3) is 0.222. The Morgan fingerprint density at radius 3 is 2.92 bits per heavy atom. The second kappa shape index (κ2) is 7.54. The Balaban J connectivity index is 1.94. The summed E-state index contributed by atoms with van der Waals surface area (Å²) in [6, 6.07) is 8.82. The van der Waals surface area contributed by atoms with Crippen molar-refractivity contribution in [1.29, 1.82) is 5.26 Å². The van der Waals surface area contributed by atoms with Gasteiger partial charge in [-0.15, -0.1) is 0 Å². The molecule has 2 heterocycles. The normalized spacial score (nSPS) is 10.7. The lowest BCUT2D eigenvalue weighted by molar-refractivity contribution is -0.116. The van der Waals surface area contributed by atoms with Crippen LogP contribution in [0.3, 0.4) is 0 Å². The molecule has 3 aromatic rings. The summed E-state index contributed by atoms with van der Waals surface area (Å²) in [5, 5.41) is 16.6. The van der Waals surface area contributed by atoms with Crippen molar-refractivity contribution in [3.63, 3.8) is 0 Å². The lowest BCUT2D eigenvalue weighted by Gasteiger charge is -2.13. The molecule has 132 valence electrons. The Labute approximate surface area is 158 Å². The third kappa shape index (κ3) is 3.53. The van der Waals surface area contributed by atoms with Crippen LogP contribution < -0.4 is 10.7 Å². The quantitative estimate of drug-likeness (QED) is 0.695. The van der Waals surface area contributed by atoms with Crippen LogP contribution in [0.2, 0.25) is 0 Å². The van der Waals surface area contributed by atoms with E-state index >= 15 is 0 Å². The molecule has 1 N–H and O–H groups in total. The van der Waals surface area contributed by atoms with Crippen molar-refractivity contribution in [2.45, 2.75) is 26.4 Å². The smallest absolute Gasteiger partial charge is 0.245 e. The van der Waals surface area contributed by atoms with Crippen LogP contribution in [-0.2, 0) is 17.9 Å². The first-order valence-corrected chi connectivity index (χ1v) is 8.87. The molecule has 0 bridgehead atoms. The van der Waals surface area contributed by atoms with Gasteiger partial charge in [0.25, 0.3) is 0 Å². The lowest BCUT2D eigenvalue weighted by Crippen LogP contribution is -2.23. The molecule has 0 aliphatic rings. The largest absolute Gasteiger partial charge is 0.336 e. The van der Waals surface area contributed by atoms with Crippen molar-refractivity contribution in [3.8, 4) is 6.07 Å². The second-order valence-electron chi connectivity index (χ2n) is 5.76. The first-order valence-electron chi connectivity index (χ1n) is 8.08. The van der Waals surface area contributed by atoms with E-state index in [0.717, 1.165) is 10.9 Å². The van der Waals surface area contributed by atoms with E-state index in [4.69, 9.17) is 0 Å². The van der Waals surface area contributed by atoms with Gasteiger partial charge in [-0.05, 0) is 24.6 Å². The van der Waals surface area contributed by atoms with Gasteiger partial charge in [-0.2, -0.15) is 10.4 Å². The number of fused-ring (bicyclic) bond motifs is 1. The fourth-order valence-electron chi connectivity index (χ4n) is 2.75. The Morgan fingerprint density at radius 2 is 2.19 bits per heavy atom. The number of rotatable bonds is 5. The highest BCUT2D eigenvalue weighted by Gasteiger charge is 2.13. The molecule has 8 heteroatoms. The Morgan fingerprint density at radius 1 is 1.38 bits per heavy atom. The average Bonchev–Trinajstić information content (AvgIpc) is 3.04. The molecule has 0 spiro atoms. The number of pyridine rings is 1. The summed E-state index contributed by atoms with van der Waals surface area (Å²) in [6.07, 6.45) is 3.95. The highest BCUT2D eigenvalue weighted by atomic mass is 79.9. The third-order valence-corrected chi connectivity index (χ3v) is 4.39.